The van der Waals surface area contributed by atoms with Crippen LogP contribution in [0.25, 0.3) is 11.0 Å². The van der Waals surface area contributed by atoms with E-state index in [0.29, 0.717) is 23.9 Å². The Morgan fingerprint density at radius 1 is 1.13 bits per heavy atom. The van der Waals surface area contributed by atoms with Crippen LogP contribution in [0.15, 0.2) is 28.7 Å². The first-order valence-electron chi connectivity index (χ1n) is 11.5. The lowest BCUT2D eigenvalue weighted by Gasteiger charge is -2.41. The maximum atomic E-state index is 12.5. The van der Waals surface area contributed by atoms with Crippen molar-refractivity contribution in [2.45, 2.75) is 69.1 Å². The van der Waals surface area contributed by atoms with Crippen LogP contribution in [0.2, 0.25) is 0 Å². The number of rotatable bonds is 5. The van der Waals surface area contributed by atoms with Gasteiger partial charge < -0.3 is 24.5 Å². The standard InChI is InChI=1S/C24H32N2O4/c27-23(25-16-20-6-3-13-29-20)22-15-17-14-18(7-8-21(17)30-22)24(28)9-11-26(12-10-24)19-4-1-2-5-19/h7-8,14-15,19-20,28H,1-6,9-13,16H2,(H,25,27)/t20-/m1/s1. The molecule has 2 N–H and O–H groups in total. The Labute approximate surface area is 177 Å². The van der Waals surface area contributed by atoms with Crippen molar-refractivity contribution >= 4 is 16.9 Å². The van der Waals surface area contributed by atoms with Gasteiger partial charge in [-0.2, -0.15) is 0 Å². The monoisotopic (exact) mass is 412 g/mol. The van der Waals surface area contributed by atoms with Gasteiger partial charge in [-0.05, 0) is 62.3 Å². The summed E-state index contributed by atoms with van der Waals surface area (Å²) in [7, 11) is 0. The van der Waals surface area contributed by atoms with Gasteiger partial charge in [0.15, 0.2) is 5.76 Å². The van der Waals surface area contributed by atoms with E-state index in [4.69, 9.17) is 9.15 Å². The SMILES string of the molecule is O=C(NC[C@H]1CCCO1)c1cc2cc(C3(O)CCN(C4CCCC4)CC3)ccc2o1. The number of amides is 1. The minimum absolute atomic E-state index is 0.106. The van der Waals surface area contributed by atoms with Gasteiger partial charge in [0.2, 0.25) is 0 Å². The van der Waals surface area contributed by atoms with Gasteiger partial charge in [-0.25, -0.2) is 0 Å². The number of carbonyl (C=O) groups is 1. The highest BCUT2D eigenvalue weighted by Gasteiger charge is 2.36. The Kier molecular flexibility index (Phi) is 5.56. The van der Waals surface area contributed by atoms with Gasteiger partial charge in [0.25, 0.3) is 5.91 Å². The lowest BCUT2D eigenvalue weighted by Crippen LogP contribution is -2.46. The third-order valence-electron chi connectivity index (χ3n) is 7.26. The van der Waals surface area contributed by atoms with Crippen molar-refractivity contribution in [3.63, 3.8) is 0 Å². The molecule has 162 valence electrons. The Hall–Kier alpha value is -1.89. The average Bonchev–Trinajstić information content (AvgIpc) is 3.53. The largest absolute Gasteiger partial charge is 0.451 e. The second kappa shape index (κ2) is 8.33. The molecule has 6 heteroatoms. The highest BCUT2D eigenvalue weighted by molar-refractivity contribution is 5.96. The highest BCUT2D eigenvalue weighted by Crippen LogP contribution is 2.37. The molecule has 0 unspecified atom stereocenters. The molecule has 30 heavy (non-hydrogen) atoms. The van der Waals surface area contributed by atoms with Crippen LogP contribution >= 0.6 is 0 Å². The van der Waals surface area contributed by atoms with Gasteiger partial charge >= 0.3 is 0 Å². The van der Waals surface area contributed by atoms with Crippen LogP contribution in [0.3, 0.4) is 0 Å². The Morgan fingerprint density at radius 3 is 2.67 bits per heavy atom. The summed E-state index contributed by atoms with van der Waals surface area (Å²) >= 11 is 0. The van der Waals surface area contributed by atoms with Crippen LogP contribution < -0.4 is 5.32 Å². The maximum absolute atomic E-state index is 12.5. The number of ether oxygens (including phenoxy) is 1. The Balaban J connectivity index is 1.26. The van der Waals surface area contributed by atoms with Crippen LogP contribution in [-0.2, 0) is 10.3 Å². The Bertz CT molecular complexity index is 888. The van der Waals surface area contributed by atoms with E-state index >= 15 is 0 Å². The fraction of sp³-hybridized carbons (Fsp3) is 0.625. The summed E-state index contributed by atoms with van der Waals surface area (Å²) in [6, 6.07) is 8.30. The number of aliphatic hydroxyl groups is 1. The number of nitrogens with zero attached hydrogens (tertiary/aromatic N) is 1. The first-order valence-corrected chi connectivity index (χ1v) is 11.5. The number of fused-ring (bicyclic) bond motifs is 1. The topological polar surface area (TPSA) is 74.9 Å². The molecular weight excluding hydrogens is 380 g/mol. The fourth-order valence-electron chi connectivity index (χ4n) is 5.36. The van der Waals surface area contributed by atoms with E-state index in [1.54, 1.807) is 6.07 Å². The van der Waals surface area contributed by atoms with Crippen LogP contribution in [0.5, 0.6) is 0 Å². The highest BCUT2D eigenvalue weighted by atomic mass is 16.5. The van der Waals surface area contributed by atoms with Crippen LogP contribution in [0, 0.1) is 0 Å². The molecule has 3 aliphatic rings. The van der Waals surface area contributed by atoms with E-state index in [-0.39, 0.29) is 12.0 Å². The Morgan fingerprint density at radius 2 is 1.93 bits per heavy atom. The van der Waals surface area contributed by atoms with Gasteiger partial charge in [-0.1, -0.05) is 18.9 Å². The number of likely N-dealkylation sites (tertiary alicyclic amines) is 1. The lowest BCUT2D eigenvalue weighted by atomic mass is 9.83. The van der Waals surface area contributed by atoms with Gasteiger partial charge in [-0.15, -0.1) is 0 Å². The molecule has 0 spiro atoms. The summed E-state index contributed by atoms with van der Waals surface area (Å²) in [6.45, 7) is 3.18. The molecule has 2 saturated heterocycles. The summed E-state index contributed by atoms with van der Waals surface area (Å²) < 4.78 is 11.3. The minimum Gasteiger partial charge on any atom is -0.451 e. The average molecular weight is 413 g/mol. The summed E-state index contributed by atoms with van der Waals surface area (Å²) in [5.41, 5.74) is 0.796. The third-order valence-corrected chi connectivity index (χ3v) is 7.26. The number of piperidine rings is 1. The predicted molar refractivity (Wildman–Crippen MR) is 114 cm³/mol. The van der Waals surface area contributed by atoms with Crippen molar-refractivity contribution in [1.29, 1.82) is 0 Å². The number of nitrogens with one attached hydrogen (secondary N) is 1. The molecule has 1 aromatic carbocycles. The van der Waals surface area contributed by atoms with Gasteiger partial charge in [-0.3, -0.25) is 4.79 Å². The van der Waals surface area contributed by atoms with E-state index in [9.17, 15) is 9.90 Å². The normalized spacial score (nSPS) is 25.2. The first kappa shape index (κ1) is 20.0. The van der Waals surface area contributed by atoms with E-state index in [2.05, 4.69) is 10.2 Å². The summed E-state index contributed by atoms with van der Waals surface area (Å²) in [5, 5.41) is 15.1. The van der Waals surface area contributed by atoms with Gasteiger partial charge in [0, 0.05) is 37.7 Å². The zero-order valence-electron chi connectivity index (χ0n) is 17.6. The van der Waals surface area contributed by atoms with Crippen molar-refractivity contribution in [2.24, 2.45) is 0 Å². The molecular formula is C24H32N2O4. The molecule has 2 aliphatic heterocycles. The smallest absolute Gasteiger partial charge is 0.287 e. The van der Waals surface area contributed by atoms with Gasteiger partial charge in [0.05, 0.1) is 11.7 Å². The molecule has 3 fully saturated rings. The van der Waals surface area contributed by atoms with Crippen molar-refractivity contribution in [3.8, 4) is 0 Å². The zero-order chi connectivity index (χ0) is 20.6. The van der Waals surface area contributed by atoms with Gasteiger partial charge in [0.1, 0.15) is 5.58 Å². The van der Waals surface area contributed by atoms with Crippen molar-refractivity contribution in [1.82, 2.24) is 10.2 Å². The van der Waals surface area contributed by atoms with E-state index in [1.807, 2.05) is 18.2 Å². The number of furan rings is 1. The van der Waals surface area contributed by atoms with E-state index < -0.39 is 5.60 Å². The first-order chi connectivity index (χ1) is 14.6. The molecule has 1 amide bonds. The molecule has 2 aromatic rings. The molecule has 1 aliphatic carbocycles. The maximum Gasteiger partial charge on any atom is 0.287 e. The number of hydrogen-bond donors (Lipinski definition) is 2. The minimum atomic E-state index is -0.803. The molecule has 1 aromatic heterocycles. The van der Waals surface area contributed by atoms with Crippen molar-refractivity contribution in [3.05, 3.63) is 35.6 Å². The van der Waals surface area contributed by atoms with Crippen molar-refractivity contribution in [2.75, 3.05) is 26.2 Å². The summed E-state index contributed by atoms with van der Waals surface area (Å²) in [6.07, 6.45) is 8.93. The predicted octanol–water partition coefficient (Wildman–Crippen LogP) is 3.57. The molecule has 1 atom stereocenters. The van der Waals surface area contributed by atoms with Crippen LogP contribution in [0.1, 0.15) is 67.5 Å². The molecule has 1 saturated carbocycles. The second-order valence-electron chi connectivity index (χ2n) is 9.21. The molecule has 5 rings (SSSR count). The second-order valence-corrected chi connectivity index (χ2v) is 9.21. The summed E-state index contributed by atoms with van der Waals surface area (Å²) in [4.78, 5) is 15.0. The fourth-order valence-corrected chi connectivity index (χ4v) is 5.36. The quantitative estimate of drug-likeness (QED) is 0.785. The molecule has 0 radical (unpaired) electrons. The number of hydrogen-bond acceptors (Lipinski definition) is 5. The lowest BCUT2D eigenvalue weighted by molar-refractivity contribution is -0.0349. The van der Waals surface area contributed by atoms with Crippen molar-refractivity contribution < 1.29 is 19.1 Å². The zero-order valence-corrected chi connectivity index (χ0v) is 17.6. The number of carbonyl (C=O) groups excluding carboxylic acids is 1. The molecule has 3 heterocycles. The number of benzene rings is 1. The molecule has 0 bridgehead atoms. The van der Waals surface area contributed by atoms with Crippen LogP contribution in [0.4, 0.5) is 0 Å². The van der Waals surface area contributed by atoms with Crippen LogP contribution in [-0.4, -0.2) is 54.3 Å². The van der Waals surface area contributed by atoms with E-state index in [1.165, 1.54) is 25.7 Å². The van der Waals surface area contributed by atoms with E-state index in [0.717, 1.165) is 56.3 Å². The molecule has 6 nitrogen and oxygen atoms in total. The summed E-state index contributed by atoms with van der Waals surface area (Å²) in [5.74, 6) is 0.0926. The third kappa shape index (κ3) is 4.01.